The van der Waals surface area contributed by atoms with E-state index in [0.29, 0.717) is 24.1 Å². The third kappa shape index (κ3) is 3.89. The quantitative estimate of drug-likeness (QED) is 0.704. The zero-order valence-electron chi connectivity index (χ0n) is 15.3. The van der Waals surface area contributed by atoms with Gasteiger partial charge in [-0.15, -0.1) is 0 Å². The second-order valence-electron chi connectivity index (χ2n) is 6.20. The summed E-state index contributed by atoms with van der Waals surface area (Å²) in [6, 6.07) is 16.9. The number of nitrogens with two attached hydrogens (primary N) is 1. The minimum Gasteiger partial charge on any atom is -0.465 e. The molecule has 1 heterocycles. The predicted octanol–water partition coefficient (Wildman–Crippen LogP) is 2.60. The van der Waals surface area contributed by atoms with Crippen molar-refractivity contribution in [2.24, 2.45) is 7.05 Å². The summed E-state index contributed by atoms with van der Waals surface area (Å²) in [4.78, 5) is 28.6. The standard InChI is InChI=1S/C21H21N3O3/c1-24-18(25)13-16(23-21(24)22)12-11-15-9-6-10-17(19(15)20(26)27-2)14-7-4-3-5-8-14/h3-10,13H,11-12H2,1-2H3,(H2,22,23). The van der Waals surface area contributed by atoms with E-state index in [2.05, 4.69) is 4.98 Å². The van der Waals surface area contributed by atoms with Crippen molar-refractivity contribution >= 4 is 11.9 Å². The molecule has 0 aliphatic carbocycles. The van der Waals surface area contributed by atoms with Gasteiger partial charge in [0, 0.05) is 13.1 Å². The monoisotopic (exact) mass is 363 g/mol. The van der Waals surface area contributed by atoms with E-state index in [1.54, 1.807) is 7.05 Å². The maximum atomic E-state index is 12.5. The molecule has 6 heteroatoms. The smallest absolute Gasteiger partial charge is 0.338 e. The normalized spacial score (nSPS) is 10.6. The molecule has 3 rings (SSSR count). The minimum atomic E-state index is -0.388. The molecule has 2 aromatic carbocycles. The summed E-state index contributed by atoms with van der Waals surface area (Å²) in [6.45, 7) is 0. The molecule has 1 aromatic heterocycles. The van der Waals surface area contributed by atoms with E-state index in [4.69, 9.17) is 10.5 Å². The lowest BCUT2D eigenvalue weighted by atomic mass is 9.93. The van der Waals surface area contributed by atoms with Gasteiger partial charge in [-0.05, 0) is 29.5 Å². The lowest BCUT2D eigenvalue weighted by Crippen LogP contribution is -2.22. The van der Waals surface area contributed by atoms with Crippen molar-refractivity contribution in [3.8, 4) is 11.1 Å². The van der Waals surface area contributed by atoms with E-state index < -0.39 is 0 Å². The Labute approximate surface area is 157 Å². The van der Waals surface area contributed by atoms with Crippen LogP contribution in [-0.4, -0.2) is 22.6 Å². The molecule has 138 valence electrons. The number of nitrogen functional groups attached to an aromatic ring is 1. The fourth-order valence-corrected chi connectivity index (χ4v) is 3.01. The van der Waals surface area contributed by atoms with Crippen molar-refractivity contribution in [2.45, 2.75) is 12.8 Å². The van der Waals surface area contributed by atoms with Crippen LogP contribution in [0.3, 0.4) is 0 Å². The van der Waals surface area contributed by atoms with Crippen molar-refractivity contribution in [1.82, 2.24) is 9.55 Å². The average Bonchev–Trinajstić information content (AvgIpc) is 2.70. The summed E-state index contributed by atoms with van der Waals surface area (Å²) in [6.07, 6.45) is 1.02. The second-order valence-corrected chi connectivity index (χ2v) is 6.20. The van der Waals surface area contributed by atoms with Gasteiger partial charge in [-0.3, -0.25) is 9.36 Å². The van der Waals surface area contributed by atoms with Crippen LogP contribution < -0.4 is 11.3 Å². The van der Waals surface area contributed by atoms with E-state index in [9.17, 15) is 9.59 Å². The maximum Gasteiger partial charge on any atom is 0.338 e. The lowest BCUT2D eigenvalue weighted by Gasteiger charge is -2.14. The number of rotatable bonds is 5. The van der Waals surface area contributed by atoms with Crippen LogP contribution in [0.2, 0.25) is 0 Å². The van der Waals surface area contributed by atoms with Gasteiger partial charge < -0.3 is 10.5 Å². The Bertz CT molecular complexity index is 1030. The molecule has 27 heavy (non-hydrogen) atoms. The molecule has 0 spiro atoms. The van der Waals surface area contributed by atoms with Crippen molar-refractivity contribution < 1.29 is 9.53 Å². The number of carbonyl (C=O) groups is 1. The highest BCUT2D eigenvalue weighted by atomic mass is 16.5. The van der Waals surface area contributed by atoms with Crippen LogP contribution in [-0.2, 0) is 24.6 Å². The van der Waals surface area contributed by atoms with Crippen LogP contribution in [0.1, 0.15) is 21.6 Å². The topological polar surface area (TPSA) is 87.2 Å². The highest BCUT2D eigenvalue weighted by molar-refractivity contribution is 5.98. The van der Waals surface area contributed by atoms with Gasteiger partial charge in [-0.25, -0.2) is 9.78 Å². The Balaban J connectivity index is 1.98. The van der Waals surface area contributed by atoms with E-state index in [1.807, 2.05) is 48.5 Å². The summed E-state index contributed by atoms with van der Waals surface area (Å²) in [5.74, 6) is -0.218. The number of ether oxygens (including phenoxy) is 1. The zero-order chi connectivity index (χ0) is 19.4. The molecule has 0 atom stereocenters. The van der Waals surface area contributed by atoms with Crippen molar-refractivity contribution in [3.05, 3.63) is 81.8 Å². The molecule has 0 radical (unpaired) electrons. The number of aryl methyl sites for hydroxylation is 2. The highest BCUT2D eigenvalue weighted by Gasteiger charge is 2.18. The molecule has 0 aliphatic heterocycles. The van der Waals surface area contributed by atoms with Crippen LogP contribution in [0.25, 0.3) is 11.1 Å². The van der Waals surface area contributed by atoms with E-state index in [0.717, 1.165) is 16.7 Å². The van der Waals surface area contributed by atoms with Crippen LogP contribution in [0.5, 0.6) is 0 Å². The third-order valence-corrected chi connectivity index (χ3v) is 4.50. The first-order valence-corrected chi connectivity index (χ1v) is 8.59. The maximum absolute atomic E-state index is 12.5. The van der Waals surface area contributed by atoms with Gasteiger partial charge in [-0.2, -0.15) is 0 Å². The van der Waals surface area contributed by atoms with Crippen LogP contribution >= 0.6 is 0 Å². The SMILES string of the molecule is COC(=O)c1c(CCc2cc(=O)n(C)c(N)n2)cccc1-c1ccccc1. The number of anilines is 1. The number of esters is 1. The number of benzene rings is 2. The molecule has 2 N–H and O–H groups in total. The van der Waals surface area contributed by atoms with Crippen LogP contribution in [0, 0.1) is 0 Å². The van der Waals surface area contributed by atoms with Crippen LogP contribution in [0.4, 0.5) is 5.95 Å². The molecular formula is C21H21N3O3. The zero-order valence-corrected chi connectivity index (χ0v) is 15.3. The van der Waals surface area contributed by atoms with E-state index in [1.165, 1.54) is 17.7 Å². The van der Waals surface area contributed by atoms with Gasteiger partial charge in [0.1, 0.15) is 0 Å². The van der Waals surface area contributed by atoms with Crippen molar-refractivity contribution in [1.29, 1.82) is 0 Å². The Morgan fingerprint density at radius 2 is 1.85 bits per heavy atom. The molecular weight excluding hydrogens is 342 g/mol. The minimum absolute atomic E-state index is 0.170. The summed E-state index contributed by atoms with van der Waals surface area (Å²) >= 11 is 0. The summed E-state index contributed by atoms with van der Waals surface area (Å²) in [7, 11) is 2.95. The van der Waals surface area contributed by atoms with Crippen LogP contribution in [0.15, 0.2) is 59.4 Å². The Kier molecular flexibility index (Phi) is 5.35. The van der Waals surface area contributed by atoms with Gasteiger partial charge >= 0.3 is 5.97 Å². The first kappa shape index (κ1) is 18.4. The molecule has 0 bridgehead atoms. The lowest BCUT2D eigenvalue weighted by molar-refractivity contribution is 0.0600. The largest absolute Gasteiger partial charge is 0.465 e. The molecule has 0 aliphatic rings. The van der Waals surface area contributed by atoms with E-state index in [-0.39, 0.29) is 17.5 Å². The summed E-state index contributed by atoms with van der Waals surface area (Å²) in [5, 5.41) is 0. The second kappa shape index (κ2) is 7.86. The summed E-state index contributed by atoms with van der Waals surface area (Å²) in [5.41, 5.74) is 9.28. The van der Waals surface area contributed by atoms with Crippen molar-refractivity contribution in [3.63, 3.8) is 0 Å². The molecule has 3 aromatic rings. The van der Waals surface area contributed by atoms with Crippen molar-refractivity contribution in [2.75, 3.05) is 12.8 Å². The Hall–Kier alpha value is -3.41. The van der Waals surface area contributed by atoms with Gasteiger partial charge in [0.2, 0.25) is 5.95 Å². The third-order valence-electron chi connectivity index (χ3n) is 4.50. The Morgan fingerprint density at radius 1 is 1.11 bits per heavy atom. The number of methoxy groups -OCH3 is 1. The molecule has 6 nitrogen and oxygen atoms in total. The number of carbonyl (C=O) groups excluding carboxylic acids is 1. The summed E-state index contributed by atoms with van der Waals surface area (Å²) < 4.78 is 6.31. The fourth-order valence-electron chi connectivity index (χ4n) is 3.01. The van der Waals surface area contributed by atoms with Gasteiger partial charge in [0.25, 0.3) is 5.56 Å². The van der Waals surface area contributed by atoms with E-state index >= 15 is 0 Å². The van der Waals surface area contributed by atoms with Gasteiger partial charge in [-0.1, -0.05) is 48.5 Å². The molecule has 0 saturated carbocycles. The molecule has 0 fully saturated rings. The number of aromatic nitrogens is 2. The Morgan fingerprint density at radius 3 is 2.52 bits per heavy atom. The molecule has 0 unspecified atom stereocenters. The van der Waals surface area contributed by atoms with Gasteiger partial charge in [0.05, 0.1) is 18.4 Å². The number of hydrogen-bond acceptors (Lipinski definition) is 5. The predicted molar refractivity (Wildman–Crippen MR) is 105 cm³/mol. The van der Waals surface area contributed by atoms with Gasteiger partial charge in [0.15, 0.2) is 0 Å². The first-order chi connectivity index (χ1) is 13.0. The number of hydrogen-bond donors (Lipinski definition) is 1. The fraction of sp³-hybridized carbons (Fsp3) is 0.190. The molecule has 0 saturated heterocycles. The average molecular weight is 363 g/mol. The molecule has 0 amide bonds. The first-order valence-electron chi connectivity index (χ1n) is 8.59. The highest BCUT2D eigenvalue weighted by Crippen LogP contribution is 2.27. The number of nitrogens with zero attached hydrogens (tertiary/aromatic N) is 2.